The highest BCUT2D eigenvalue weighted by Gasteiger charge is 2.27. The van der Waals surface area contributed by atoms with Gasteiger partial charge in [-0.05, 0) is 19.3 Å². The van der Waals surface area contributed by atoms with Crippen molar-refractivity contribution < 1.29 is 14.3 Å². The monoisotopic (exact) mass is 212 g/mol. The molecule has 0 aromatic rings. The number of amides is 2. The summed E-state index contributed by atoms with van der Waals surface area (Å²) in [6, 6.07) is 0.0689. The maximum atomic E-state index is 11.6. The lowest BCUT2D eigenvalue weighted by Crippen LogP contribution is -2.50. The third-order valence-electron chi connectivity index (χ3n) is 2.83. The molecule has 2 amide bonds. The van der Waals surface area contributed by atoms with Crippen LogP contribution in [0.1, 0.15) is 25.7 Å². The maximum Gasteiger partial charge on any atom is 0.249 e. The summed E-state index contributed by atoms with van der Waals surface area (Å²) in [6.07, 6.45) is 2.72. The Morgan fingerprint density at radius 3 is 2.93 bits per heavy atom. The normalized spacial score (nSPS) is 31.1. The molecule has 84 valence electrons. The second kappa shape index (κ2) is 4.61. The fourth-order valence-corrected chi connectivity index (χ4v) is 1.93. The standard InChI is InChI=1S/C10H16N2O3/c13-9-4-3-7(6-11-9)12-10(14)8-2-1-5-15-8/h7-8H,1-6H2,(H,11,13)(H,12,14)/t7?,8-/m0/s1. The Hall–Kier alpha value is -1.10. The minimum absolute atomic E-state index is 0.0337. The molecule has 0 aliphatic carbocycles. The molecule has 2 rings (SSSR count). The SMILES string of the molecule is O=C1CCC(NC(=O)[C@@H]2CCCO2)CN1. The zero-order valence-electron chi connectivity index (χ0n) is 8.62. The topological polar surface area (TPSA) is 67.4 Å². The van der Waals surface area contributed by atoms with Crippen LogP contribution in [0, 0.1) is 0 Å². The van der Waals surface area contributed by atoms with Gasteiger partial charge in [-0.3, -0.25) is 9.59 Å². The number of carbonyl (C=O) groups excluding carboxylic acids is 2. The van der Waals surface area contributed by atoms with Gasteiger partial charge in [-0.2, -0.15) is 0 Å². The van der Waals surface area contributed by atoms with Gasteiger partial charge in [0.15, 0.2) is 0 Å². The Balaban J connectivity index is 1.76. The van der Waals surface area contributed by atoms with Crippen molar-refractivity contribution in [2.24, 2.45) is 0 Å². The second-order valence-corrected chi connectivity index (χ2v) is 4.05. The van der Waals surface area contributed by atoms with Crippen LogP contribution in [0.2, 0.25) is 0 Å². The molecule has 0 aromatic heterocycles. The second-order valence-electron chi connectivity index (χ2n) is 4.05. The zero-order valence-corrected chi connectivity index (χ0v) is 8.62. The molecule has 0 saturated carbocycles. The quantitative estimate of drug-likeness (QED) is 0.652. The number of nitrogens with one attached hydrogen (secondary N) is 2. The first kappa shape index (κ1) is 10.4. The largest absolute Gasteiger partial charge is 0.368 e. The fourth-order valence-electron chi connectivity index (χ4n) is 1.93. The van der Waals surface area contributed by atoms with Gasteiger partial charge in [0.25, 0.3) is 0 Å². The number of piperidine rings is 1. The van der Waals surface area contributed by atoms with Crippen LogP contribution in [0.25, 0.3) is 0 Å². The van der Waals surface area contributed by atoms with Crippen molar-refractivity contribution in [3.8, 4) is 0 Å². The summed E-state index contributed by atoms with van der Waals surface area (Å²) in [5.74, 6) is 0.0336. The molecule has 0 aromatic carbocycles. The van der Waals surface area contributed by atoms with E-state index >= 15 is 0 Å². The lowest BCUT2D eigenvalue weighted by Gasteiger charge is -2.24. The van der Waals surface area contributed by atoms with Crippen molar-refractivity contribution in [1.82, 2.24) is 10.6 Å². The highest BCUT2D eigenvalue weighted by molar-refractivity contribution is 5.82. The Labute approximate surface area is 88.5 Å². The summed E-state index contributed by atoms with van der Waals surface area (Å²) < 4.78 is 5.28. The van der Waals surface area contributed by atoms with Crippen LogP contribution in [-0.2, 0) is 14.3 Å². The predicted molar refractivity (Wildman–Crippen MR) is 53.1 cm³/mol. The number of hydrogen-bond acceptors (Lipinski definition) is 3. The molecule has 5 heteroatoms. The molecule has 2 saturated heterocycles. The van der Waals surface area contributed by atoms with E-state index in [1.54, 1.807) is 0 Å². The molecule has 2 heterocycles. The van der Waals surface area contributed by atoms with E-state index in [0.29, 0.717) is 19.6 Å². The first-order valence-electron chi connectivity index (χ1n) is 5.44. The first-order chi connectivity index (χ1) is 7.25. The number of carbonyl (C=O) groups is 2. The lowest BCUT2D eigenvalue weighted by molar-refractivity contribution is -0.132. The van der Waals surface area contributed by atoms with Gasteiger partial charge < -0.3 is 15.4 Å². The summed E-state index contributed by atoms with van der Waals surface area (Å²) >= 11 is 0. The van der Waals surface area contributed by atoms with Gasteiger partial charge in [-0.15, -0.1) is 0 Å². The van der Waals surface area contributed by atoms with Crippen LogP contribution in [0.15, 0.2) is 0 Å². The van der Waals surface area contributed by atoms with E-state index in [4.69, 9.17) is 4.74 Å². The minimum atomic E-state index is -0.275. The molecule has 2 atom stereocenters. The van der Waals surface area contributed by atoms with E-state index < -0.39 is 0 Å². The lowest BCUT2D eigenvalue weighted by atomic mass is 10.1. The van der Waals surface area contributed by atoms with E-state index in [-0.39, 0.29) is 24.0 Å². The van der Waals surface area contributed by atoms with Crippen LogP contribution in [0.4, 0.5) is 0 Å². The van der Waals surface area contributed by atoms with Gasteiger partial charge in [0.1, 0.15) is 6.10 Å². The number of ether oxygens (including phenoxy) is 1. The van der Waals surface area contributed by atoms with Crippen molar-refractivity contribution in [2.45, 2.75) is 37.8 Å². The van der Waals surface area contributed by atoms with Gasteiger partial charge >= 0.3 is 0 Å². The van der Waals surface area contributed by atoms with E-state index in [2.05, 4.69) is 10.6 Å². The Morgan fingerprint density at radius 2 is 2.33 bits per heavy atom. The molecule has 2 fully saturated rings. The summed E-state index contributed by atoms with van der Waals surface area (Å²) in [5, 5.41) is 5.64. The average Bonchev–Trinajstić information content (AvgIpc) is 2.74. The van der Waals surface area contributed by atoms with Crippen LogP contribution >= 0.6 is 0 Å². The third kappa shape index (κ3) is 2.68. The van der Waals surface area contributed by atoms with E-state index in [0.717, 1.165) is 19.3 Å². The number of rotatable bonds is 2. The first-order valence-corrected chi connectivity index (χ1v) is 5.44. The van der Waals surface area contributed by atoms with Gasteiger partial charge in [0.05, 0.1) is 0 Å². The van der Waals surface area contributed by atoms with Crippen molar-refractivity contribution >= 4 is 11.8 Å². The van der Waals surface area contributed by atoms with Crippen LogP contribution in [0.3, 0.4) is 0 Å². The molecule has 0 spiro atoms. The van der Waals surface area contributed by atoms with Crippen LogP contribution < -0.4 is 10.6 Å². The summed E-state index contributed by atoms with van der Waals surface area (Å²) in [6.45, 7) is 1.22. The molecular formula is C10H16N2O3. The van der Waals surface area contributed by atoms with Gasteiger partial charge in [-0.1, -0.05) is 0 Å². The minimum Gasteiger partial charge on any atom is -0.368 e. The van der Waals surface area contributed by atoms with Crippen molar-refractivity contribution in [1.29, 1.82) is 0 Å². The highest BCUT2D eigenvalue weighted by Crippen LogP contribution is 2.12. The summed E-state index contributed by atoms with van der Waals surface area (Å²) in [4.78, 5) is 22.5. The average molecular weight is 212 g/mol. The van der Waals surface area contributed by atoms with Crippen molar-refractivity contribution in [3.05, 3.63) is 0 Å². The van der Waals surface area contributed by atoms with E-state index in [1.807, 2.05) is 0 Å². The Bertz CT molecular complexity index is 251. The van der Waals surface area contributed by atoms with Crippen molar-refractivity contribution in [2.75, 3.05) is 13.2 Å². The van der Waals surface area contributed by atoms with Gasteiger partial charge in [0.2, 0.25) is 11.8 Å². The predicted octanol–water partition coefficient (Wildman–Crippen LogP) is -0.440. The van der Waals surface area contributed by atoms with Crippen LogP contribution in [0.5, 0.6) is 0 Å². The van der Waals surface area contributed by atoms with Crippen molar-refractivity contribution in [3.63, 3.8) is 0 Å². The molecule has 0 radical (unpaired) electrons. The molecule has 1 unspecified atom stereocenters. The molecule has 5 nitrogen and oxygen atoms in total. The highest BCUT2D eigenvalue weighted by atomic mass is 16.5. The van der Waals surface area contributed by atoms with E-state index in [9.17, 15) is 9.59 Å². The molecule has 2 aliphatic rings. The summed E-state index contributed by atoms with van der Waals surface area (Å²) in [5.41, 5.74) is 0. The third-order valence-corrected chi connectivity index (χ3v) is 2.83. The molecule has 0 bridgehead atoms. The molecule has 15 heavy (non-hydrogen) atoms. The molecule has 2 aliphatic heterocycles. The Kier molecular flexibility index (Phi) is 3.20. The summed E-state index contributed by atoms with van der Waals surface area (Å²) in [7, 11) is 0. The van der Waals surface area contributed by atoms with Gasteiger partial charge in [-0.25, -0.2) is 0 Å². The molecule has 2 N–H and O–H groups in total. The zero-order chi connectivity index (χ0) is 10.7. The molecular weight excluding hydrogens is 196 g/mol. The maximum absolute atomic E-state index is 11.6. The number of hydrogen-bond donors (Lipinski definition) is 2. The van der Waals surface area contributed by atoms with Gasteiger partial charge in [0, 0.05) is 25.6 Å². The van der Waals surface area contributed by atoms with Crippen LogP contribution in [-0.4, -0.2) is 37.1 Å². The fraction of sp³-hybridized carbons (Fsp3) is 0.800. The smallest absolute Gasteiger partial charge is 0.249 e. The Morgan fingerprint density at radius 1 is 1.47 bits per heavy atom. The van der Waals surface area contributed by atoms with E-state index in [1.165, 1.54) is 0 Å².